The van der Waals surface area contributed by atoms with Crippen molar-refractivity contribution in [2.75, 3.05) is 45.9 Å². The van der Waals surface area contributed by atoms with Crippen LogP contribution in [0.4, 0.5) is 0 Å². The van der Waals surface area contributed by atoms with Crippen LogP contribution < -0.4 is 5.32 Å². The summed E-state index contributed by atoms with van der Waals surface area (Å²) in [5.41, 5.74) is 0.456. The van der Waals surface area contributed by atoms with Gasteiger partial charge >= 0.3 is 0 Å². The maximum atomic E-state index is 12.8. The molecule has 1 atom stereocenters. The van der Waals surface area contributed by atoms with Crippen molar-refractivity contribution in [3.05, 3.63) is 29.8 Å². The van der Waals surface area contributed by atoms with E-state index in [1.807, 2.05) is 0 Å². The van der Waals surface area contributed by atoms with Gasteiger partial charge in [0.05, 0.1) is 11.0 Å². The van der Waals surface area contributed by atoms with Crippen LogP contribution >= 0.6 is 0 Å². The van der Waals surface area contributed by atoms with Crippen LogP contribution in [-0.2, 0) is 14.8 Å². The SMILES string of the molecule is CCN1CCN(S(=O)(=O)c2ccc(C(=O)NC[C@H]3CCCO3)cc2)CC1. The predicted octanol–water partition coefficient (Wildman–Crippen LogP) is 0.922. The summed E-state index contributed by atoms with van der Waals surface area (Å²) in [7, 11) is -3.51. The fraction of sp³-hybridized carbons (Fsp3) is 0.611. The Kier molecular flexibility index (Phi) is 6.29. The van der Waals surface area contributed by atoms with E-state index >= 15 is 0 Å². The lowest BCUT2D eigenvalue weighted by molar-refractivity contribution is 0.0857. The molecule has 0 radical (unpaired) electrons. The number of nitrogens with zero attached hydrogens (tertiary/aromatic N) is 2. The second-order valence-corrected chi connectivity index (χ2v) is 8.65. The summed E-state index contributed by atoms with van der Waals surface area (Å²) in [6.07, 6.45) is 2.07. The van der Waals surface area contributed by atoms with Crippen molar-refractivity contribution >= 4 is 15.9 Å². The molecule has 1 N–H and O–H groups in total. The predicted molar refractivity (Wildman–Crippen MR) is 98.6 cm³/mol. The lowest BCUT2D eigenvalue weighted by atomic mass is 10.2. The summed E-state index contributed by atoms with van der Waals surface area (Å²) in [4.78, 5) is 14.7. The Bertz CT molecular complexity index is 706. The van der Waals surface area contributed by atoms with Gasteiger partial charge < -0.3 is 15.0 Å². The van der Waals surface area contributed by atoms with Gasteiger partial charge in [0, 0.05) is 44.9 Å². The third-order valence-corrected chi connectivity index (χ3v) is 6.96. The number of ether oxygens (including phenoxy) is 1. The van der Waals surface area contributed by atoms with Crippen LogP contribution in [0, 0.1) is 0 Å². The molecule has 144 valence electrons. The maximum Gasteiger partial charge on any atom is 0.251 e. The van der Waals surface area contributed by atoms with Crippen molar-refractivity contribution in [2.45, 2.75) is 30.8 Å². The van der Waals surface area contributed by atoms with E-state index in [4.69, 9.17) is 4.74 Å². The van der Waals surface area contributed by atoms with Gasteiger partial charge in [0.2, 0.25) is 10.0 Å². The van der Waals surface area contributed by atoms with Crippen LogP contribution in [0.15, 0.2) is 29.2 Å². The molecule has 7 nitrogen and oxygen atoms in total. The van der Waals surface area contributed by atoms with Crippen LogP contribution in [0.1, 0.15) is 30.1 Å². The van der Waals surface area contributed by atoms with Crippen molar-refractivity contribution in [1.82, 2.24) is 14.5 Å². The van der Waals surface area contributed by atoms with Gasteiger partial charge in [-0.25, -0.2) is 8.42 Å². The molecule has 2 fully saturated rings. The third kappa shape index (κ3) is 4.43. The zero-order valence-electron chi connectivity index (χ0n) is 15.2. The van der Waals surface area contributed by atoms with Crippen LogP contribution in [-0.4, -0.2) is 75.5 Å². The molecule has 1 aromatic carbocycles. The summed E-state index contributed by atoms with van der Waals surface area (Å²) in [5.74, 6) is -0.207. The van der Waals surface area contributed by atoms with Gasteiger partial charge in [-0.15, -0.1) is 0 Å². The van der Waals surface area contributed by atoms with Crippen LogP contribution in [0.3, 0.4) is 0 Å². The van der Waals surface area contributed by atoms with Gasteiger partial charge in [-0.05, 0) is 43.7 Å². The molecule has 0 spiro atoms. The molecule has 2 aliphatic rings. The van der Waals surface area contributed by atoms with Crippen LogP contribution in [0.2, 0.25) is 0 Å². The summed E-state index contributed by atoms with van der Waals surface area (Å²) < 4.78 is 32.5. The van der Waals surface area contributed by atoms with E-state index in [0.717, 1.165) is 39.1 Å². The fourth-order valence-electron chi connectivity index (χ4n) is 3.33. The van der Waals surface area contributed by atoms with Gasteiger partial charge in [0.15, 0.2) is 0 Å². The van der Waals surface area contributed by atoms with Crippen molar-refractivity contribution in [2.24, 2.45) is 0 Å². The van der Waals surface area contributed by atoms with Crippen molar-refractivity contribution in [3.63, 3.8) is 0 Å². The van der Waals surface area contributed by atoms with Gasteiger partial charge in [-0.2, -0.15) is 4.31 Å². The Morgan fingerprint density at radius 1 is 1.19 bits per heavy atom. The third-order valence-electron chi connectivity index (χ3n) is 5.05. The molecule has 2 aliphatic heterocycles. The number of hydrogen-bond donors (Lipinski definition) is 1. The van der Waals surface area contributed by atoms with Crippen molar-refractivity contribution in [1.29, 1.82) is 0 Å². The van der Waals surface area contributed by atoms with E-state index < -0.39 is 10.0 Å². The summed E-state index contributed by atoms with van der Waals surface area (Å²) in [5, 5.41) is 2.84. The Hall–Kier alpha value is -1.48. The molecule has 1 aromatic rings. The average molecular weight is 381 g/mol. The second kappa shape index (κ2) is 8.47. The van der Waals surface area contributed by atoms with Gasteiger partial charge in [0.1, 0.15) is 0 Å². The quantitative estimate of drug-likeness (QED) is 0.793. The number of piperazine rings is 1. The number of nitrogens with one attached hydrogen (secondary N) is 1. The minimum atomic E-state index is -3.51. The highest BCUT2D eigenvalue weighted by atomic mass is 32.2. The van der Waals surface area contributed by atoms with E-state index in [2.05, 4.69) is 17.1 Å². The topological polar surface area (TPSA) is 79.0 Å². The molecule has 0 aromatic heterocycles. The lowest BCUT2D eigenvalue weighted by Crippen LogP contribution is -2.48. The van der Waals surface area contributed by atoms with Gasteiger partial charge in [-0.3, -0.25) is 4.79 Å². The minimum absolute atomic E-state index is 0.0837. The largest absolute Gasteiger partial charge is 0.376 e. The highest BCUT2D eigenvalue weighted by Gasteiger charge is 2.28. The number of hydrogen-bond acceptors (Lipinski definition) is 5. The molecule has 2 heterocycles. The highest BCUT2D eigenvalue weighted by molar-refractivity contribution is 7.89. The molecule has 3 rings (SSSR count). The molecule has 26 heavy (non-hydrogen) atoms. The Labute approximate surface area is 155 Å². The molecule has 0 unspecified atom stereocenters. The van der Waals surface area contributed by atoms with E-state index in [9.17, 15) is 13.2 Å². The first-order chi connectivity index (χ1) is 12.5. The summed E-state index contributed by atoms with van der Waals surface area (Å²) >= 11 is 0. The van der Waals surface area contributed by atoms with Gasteiger partial charge in [-0.1, -0.05) is 6.92 Å². The summed E-state index contributed by atoms with van der Waals surface area (Å²) in [6.45, 7) is 6.75. The molecular formula is C18H27N3O4S. The molecular weight excluding hydrogens is 354 g/mol. The molecule has 0 bridgehead atoms. The normalized spacial score (nSPS) is 22.4. The maximum absolute atomic E-state index is 12.8. The monoisotopic (exact) mass is 381 g/mol. The zero-order chi connectivity index (χ0) is 18.6. The van der Waals surface area contributed by atoms with Crippen molar-refractivity contribution in [3.8, 4) is 0 Å². The minimum Gasteiger partial charge on any atom is -0.376 e. The molecule has 1 amide bonds. The van der Waals surface area contributed by atoms with Gasteiger partial charge in [0.25, 0.3) is 5.91 Å². The zero-order valence-corrected chi connectivity index (χ0v) is 16.0. The standard InChI is InChI=1S/C18H27N3O4S/c1-2-20-9-11-21(12-10-20)26(23,24)17-7-5-15(6-8-17)18(22)19-14-16-4-3-13-25-16/h5-8,16H,2-4,9-14H2,1H3,(H,19,22)/t16-/m1/s1. The number of sulfonamides is 1. The lowest BCUT2D eigenvalue weighted by Gasteiger charge is -2.33. The Morgan fingerprint density at radius 2 is 1.88 bits per heavy atom. The molecule has 2 saturated heterocycles. The first-order valence-corrected chi connectivity index (χ1v) is 10.7. The highest BCUT2D eigenvalue weighted by Crippen LogP contribution is 2.18. The molecule has 8 heteroatoms. The second-order valence-electron chi connectivity index (χ2n) is 6.71. The molecule has 0 aliphatic carbocycles. The van der Waals surface area contributed by atoms with Crippen LogP contribution in [0.5, 0.6) is 0 Å². The first-order valence-electron chi connectivity index (χ1n) is 9.23. The molecule has 0 saturated carbocycles. The Morgan fingerprint density at radius 3 is 2.46 bits per heavy atom. The summed E-state index contributed by atoms with van der Waals surface area (Å²) in [6, 6.07) is 6.17. The smallest absolute Gasteiger partial charge is 0.251 e. The number of likely N-dealkylation sites (N-methyl/N-ethyl adjacent to an activating group) is 1. The number of amides is 1. The van der Waals surface area contributed by atoms with Crippen LogP contribution in [0.25, 0.3) is 0 Å². The van der Waals surface area contributed by atoms with Crippen molar-refractivity contribution < 1.29 is 17.9 Å². The number of benzene rings is 1. The number of carbonyl (C=O) groups excluding carboxylic acids is 1. The van der Waals surface area contributed by atoms with E-state index in [-0.39, 0.29) is 16.9 Å². The fourth-order valence-corrected chi connectivity index (χ4v) is 4.75. The number of carbonyl (C=O) groups is 1. The number of rotatable bonds is 6. The van der Waals surface area contributed by atoms with E-state index in [1.165, 1.54) is 16.4 Å². The van der Waals surface area contributed by atoms with E-state index in [0.29, 0.717) is 25.2 Å². The van der Waals surface area contributed by atoms with E-state index in [1.54, 1.807) is 12.1 Å². The Balaban J connectivity index is 1.60. The first kappa shape index (κ1) is 19.3. The average Bonchev–Trinajstić information content (AvgIpc) is 3.20.